The number of aryl methyl sites for hydroxylation is 1. The van der Waals surface area contributed by atoms with Crippen molar-refractivity contribution >= 4 is 5.91 Å². The number of carbonyl (C=O) groups excluding carboxylic acids is 1. The zero-order valence-corrected chi connectivity index (χ0v) is 14.1. The predicted molar refractivity (Wildman–Crippen MR) is 88.9 cm³/mol. The Kier molecular flexibility index (Phi) is 5.36. The first-order valence-corrected chi connectivity index (χ1v) is 9.08. The van der Waals surface area contributed by atoms with Gasteiger partial charge >= 0.3 is 0 Å². The Bertz CT molecular complexity index is 522. The average Bonchev–Trinajstić information content (AvgIpc) is 3.13. The fourth-order valence-electron chi connectivity index (χ4n) is 4.07. The Labute approximate surface area is 138 Å². The van der Waals surface area contributed by atoms with Gasteiger partial charge in [0.1, 0.15) is 0 Å². The molecule has 1 saturated heterocycles. The Hall–Kier alpha value is -1.36. The van der Waals surface area contributed by atoms with Crippen molar-refractivity contribution in [1.82, 2.24) is 15.1 Å². The molecule has 1 aromatic rings. The molecular weight excluding hydrogens is 290 g/mol. The second kappa shape index (κ2) is 7.47. The second-order valence-corrected chi connectivity index (χ2v) is 7.42. The van der Waals surface area contributed by atoms with Gasteiger partial charge in [-0.3, -0.25) is 9.89 Å². The zero-order chi connectivity index (χ0) is 16.2. The van der Waals surface area contributed by atoms with Crippen LogP contribution in [-0.4, -0.2) is 45.3 Å². The Morgan fingerprint density at radius 2 is 2.13 bits per heavy atom. The molecule has 2 atom stereocenters. The molecular formula is C18H29N3O2. The maximum Gasteiger partial charge on any atom is 0.222 e. The van der Waals surface area contributed by atoms with E-state index in [0.717, 1.165) is 30.1 Å². The van der Waals surface area contributed by atoms with Crippen LogP contribution in [0.3, 0.4) is 0 Å². The number of β-amino-alcohol motifs (C(OH)–C–C–N with tert-alkyl or cyclic N) is 1. The predicted octanol–water partition coefficient (Wildman–Crippen LogP) is 2.44. The van der Waals surface area contributed by atoms with Crippen LogP contribution in [0.15, 0.2) is 6.07 Å². The highest BCUT2D eigenvalue weighted by molar-refractivity contribution is 5.76. The summed E-state index contributed by atoms with van der Waals surface area (Å²) >= 11 is 0. The van der Waals surface area contributed by atoms with E-state index in [1.54, 1.807) is 0 Å². The SMILES string of the molecule is Cc1cc(C[C@@H]2CN(C(=O)CCC3CCCCC3)C[C@H]2O)n[nH]1. The van der Waals surface area contributed by atoms with Crippen molar-refractivity contribution in [3.05, 3.63) is 17.5 Å². The Morgan fingerprint density at radius 1 is 1.35 bits per heavy atom. The number of hydrogen-bond acceptors (Lipinski definition) is 3. The fraction of sp³-hybridized carbons (Fsp3) is 0.778. The minimum atomic E-state index is -0.425. The number of H-pyrrole nitrogens is 1. The molecule has 5 heteroatoms. The van der Waals surface area contributed by atoms with Gasteiger partial charge < -0.3 is 10.0 Å². The Morgan fingerprint density at radius 3 is 2.83 bits per heavy atom. The van der Waals surface area contributed by atoms with E-state index in [1.807, 2.05) is 17.9 Å². The van der Waals surface area contributed by atoms with Crippen LogP contribution in [0, 0.1) is 18.8 Å². The van der Waals surface area contributed by atoms with Crippen LogP contribution in [0.25, 0.3) is 0 Å². The molecule has 3 rings (SSSR count). The number of amides is 1. The number of aromatic amines is 1. The lowest BCUT2D eigenvalue weighted by molar-refractivity contribution is -0.130. The summed E-state index contributed by atoms with van der Waals surface area (Å²) < 4.78 is 0. The fourth-order valence-corrected chi connectivity index (χ4v) is 4.07. The van der Waals surface area contributed by atoms with Crippen molar-refractivity contribution in [2.75, 3.05) is 13.1 Å². The van der Waals surface area contributed by atoms with E-state index >= 15 is 0 Å². The van der Waals surface area contributed by atoms with Gasteiger partial charge in [0.25, 0.3) is 0 Å². The summed E-state index contributed by atoms with van der Waals surface area (Å²) in [5.74, 6) is 1.06. The maximum atomic E-state index is 12.4. The smallest absolute Gasteiger partial charge is 0.222 e. The Balaban J connectivity index is 1.46. The van der Waals surface area contributed by atoms with E-state index in [4.69, 9.17) is 0 Å². The van der Waals surface area contributed by atoms with E-state index in [-0.39, 0.29) is 11.8 Å². The van der Waals surface area contributed by atoms with Gasteiger partial charge in [0.05, 0.1) is 11.8 Å². The van der Waals surface area contributed by atoms with E-state index in [9.17, 15) is 9.90 Å². The van der Waals surface area contributed by atoms with Gasteiger partial charge in [0.2, 0.25) is 5.91 Å². The van der Waals surface area contributed by atoms with E-state index in [2.05, 4.69) is 10.2 Å². The minimum Gasteiger partial charge on any atom is -0.391 e. The van der Waals surface area contributed by atoms with Crippen LogP contribution in [0.4, 0.5) is 0 Å². The summed E-state index contributed by atoms with van der Waals surface area (Å²) in [4.78, 5) is 14.3. The highest BCUT2D eigenvalue weighted by Gasteiger charge is 2.34. The second-order valence-electron chi connectivity index (χ2n) is 7.42. The van der Waals surface area contributed by atoms with Crippen LogP contribution in [0.5, 0.6) is 0 Å². The first-order valence-electron chi connectivity index (χ1n) is 9.08. The lowest BCUT2D eigenvalue weighted by Gasteiger charge is -2.22. The number of aromatic nitrogens is 2. The van der Waals surface area contributed by atoms with Crippen LogP contribution in [0.2, 0.25) is 0 Å². The molecule has 0 unspecified atom stereocenters. The number of nitrogens with one attached hydrogen (secondary N) is 1. The largest absolute Gasteiger partial charge is 0.391 e. The quantitative estimate of drug-likeness (QED) is 0.876. The summed E-state index contributed by atoms with van der Waals surface area (Å²) in [5, 5.41) is 17.4. The molecule has 1 saturated carbocycles. The first-order chi connectivity index (χ1) is 11.1. The summed E-state index contributed by atoms with van der Waals surface area (Å²) in [7, 11) is 0. The third kappa shape index (κ3) is 4.34. The van der Waals surface area contributed by atoms with Crippen LogP contribution >= 0.6 is 0 Å². The van der Waals surface area contributed by atoms with Crippen molar-refractivity contribution in [3.8, 4) is 0 Å². The molecule has 0 radical (unpaired) electrons. The topological polar surface area (TPSA) is 69.2 Å². The normalized spacial score (nSPS) is 25.9. The molecule has 23 heavy (non-hydrogen) atoms. The lowest BCUT2D eigenvalue weighted by Crippen LogP contribution is -2.30. The summed E-state index contributed by atoms with van der Waals surface area (Å²) in [6, 6.07) is 2.01. The first kappa shape index (κ1) is 16.5. The molecule has 2 N–H and O–H groups in total. The van der Waals surface area contributed by atoms with Crippen molar-refractivity contribution < 1.29 is 9.90 Å². The van der Waals surface area contributed by atoms with Crippen LogP contribution in [-0.2, 0) is 11.2 Å². The highest BCUT2D eigenvalue weighted by atomic mass is 16.3. The summed E-state index contributed by atoms with van der Waals surface area (Å²) in [6.07, 6.45) is 8.56. The average molecular weight is 319 g/mol. The number of aliphatic hydroxyl groups is 1. The third-order valence-corrected chi connectivity index (χ3v) is 5.48. The van der Waals surface area contributed by atoms with Gasteiger partial charge in [0.15, 0.2) is 0 Å². The van der Waals surface area contributed by atoms with E-state index in [0.29, 0.717) is 19.5 Å². The molecule has 2 heterocycles. The molecule has 0 aromatic carbocycles. The number of rotatable bonds is 5. The van der Waals surface area contributed by atoms with Gasteiger partial charge in [-0.1, -0.05) is 32.1 Å². The monoisotopic (exact) mass is 319 g/mol. The molecule has 5 nitrogen and oxygen atoms in total. The van der Waals surface area contributed by atoms with Gasteiger partial charge in [0, 0.05) is 31.1 Å². The van der Waals surface area contributed by atoms with Gasteiger partial charge in [-0.15, -0.1) is 0 Å². The molecule has 2 aliphatic rings. The zero-order valence-electron chi connectivity index (χ0n) is 14.1. The molecule has 2 fully saturated rings. The minimum absolute atomic E-state index is 0.108. The number of carbonyl (C=O) groups is 1. The third-order valence-electron chi connectivity index (χ3n) is 5.48. The van der Waals surface area contributed by atoms with Crippen LogP contribution in [0.1, 0.15) is 56.3 Å². The van der Waals surface area contributed by atoms with Gasteiger partial charge in [-0.05, 0) is 31.7 Å². The van der Waals surface area contributed by atoms with Crippen molar-refractivity contribution in [3.63, 3.8) is 0 Å². The van der Waals surface area contributed by atoms with Crippen molar-refractivity contribution in [1.29, 1.82) is 0 Å². The molecule has 1 aliphatic heterocycles. The standard InChI is InChI=1S/C18H29N3O2/c1-13-9-16(20-19-13)10-15-11-21(12-17(15)22)18(23)8-7-14-5-3-2-4-6-14/h9,14-15,17,22H,2-8,10-12H2,1H3,(H,19,20)/t15-,17-/m1/s1. The number of hydrogen-bond donors (Lipinski definition) is 2. The molecule has 1 amide bonds. The van der Waals surface area contributed by atoms with Gasteiger partial charge in [-0.25, -0.2) is 0 Å². The van der Waals surface area contributed by atoms with Crippen molar-refractivity contribution in [2.24, 2.45) is 11.8 Å². The van der Waals surface area contributed by atoms with Crippen molar-refractivity contribution in [2.45, 2.75) is 64.4 Å². The highest BCUT2D eigenvalue weighted by Crippen LogP contribution is 2.28. The summed E-state index contributed by atoms with van der Waals surface area (Å²) in [6.45, 7) is 3.12. The molecule has 1 aromatic heterocycles. The summed E-state index contributed by atoms with van der Waals surface area (Å²) in [5.41, 5.74) is 2.01. The maximum absolute atomic E-state index is 12.4. The molecule has 128 valence electrons. The number of nitrogens with zero attached hydrogens (tertiary/aromatic N) is 2. The number of likely N-dealkylation sites (tertiary alicyclic amines) is 1. The molecule has 0 spiro atoms. The lowest BCUT2D eigenvalue weighted by atomic mass is 9.86. The molecule has 1 aliphatic carbocycles. The van der Waals surface area contributed by atoms with Gasteiger partial charge in [-0.2, -0.15) is 5.10 Å². The van der Waals surface area contributed by atoms with E-state index in [1.165, 1.54) is 32.1 Å². The molecule has 0 bridgehead atoms. The number of aliphatic hydroxyl groups excluding tert-OH is 1. The van der Waals surface area contributed by atoms with E-state index < -0.39 is 6.10 Å². The van der Waals surface area contributed by atoms with Crippen LogP contribution < -0.4 is 0 Å².